The molecule has 2 amide bonds. The van der Waals surface area contributed by atoms with E-state index in [0.29, 0.717) is 33.3 Å². The quantitative estimate of drug-likeness (QED) is 0.608. The van der Waals surface area contributed by atoms with E-state index in [2.05, 4.69) is 10.3 Å². The topological polar surface area (TPSA) is 71.5 Å². The Balaban J connectivity index is 1.73. The van der Waals surface area contributed by atoms with Crippen molar-refractivity contribution in [3.05, 3.63) is 94.9 Å². The van der Waals surface area contributed by atoms with E-state index in [-0.39, 0.29) is 18.1 Å². The monoisotopic (exact) mass is 419 g/mol. The van der Waals surface area contributed by atoms with Crippen LogP contribution in [0.3, 0.4) is 0 Å². The maximum atomic E-state index is 13.2. The van der Waals surface area contributed by atoms with E-state index < -0.39 is 5.91 Å². The number of carbonyl (C=O) groups is 2. The second kappa shape index (κ2) is 8.39. The average molecular weight is 420 g/mol. The predicted octanol–water partition coefficient (Wildman–Crippen LogP) is 4.14. The lowest BCUT2D eigenvalue weighted by Crippen LogP contribution is -2.32. The first kappa shape index (κ1) is 19.7. The van der Waals surface area contributed by atoms with Gasteiger partial charge in [-0.05, 0) is 35.9 Å². The Morgan fingerprint density at radius 1 is 1.00 bits per heavy atom. The van der Waals surface area contributed by atoms with Crippen LogP contribution in [-0.2, 0) is 16.1 Å². The molecule has 30 heavy (non-hydrogen) atoms. The van der Waals surface area contributed by atoms with Gasteiger partial charge in [-0.1, -0.05) is 48.0 Å². The first-order valence-corrected chi connectivity index (χ1v) is 9.62. The largest absolute Gasteiger partial charge is 0.495 e. The van der Waals surface area contributed by atoms with Crippen LogP contribution in [0.15, 0.2) is 78.6 Å². The summed E-state index contributed by atoms with van der Waals surface area (Å²) < 4.78 is 5.17. The van der Waals surface area contributed by atoms with Crippen molar-refractivity contribution >= 4 is 34.7 Å². The Morgan fingerprint density at radius 2 is 1.77 bits per heavy atom. The van der Waals surface area contributed by atoms with Crippen molar-refractivity contribution in [3.63, 3.8) is 0 Å². The number of ether oxygens (including phenoxy) is 1. The van der Waals surface area contributed by atoms with Crippen LogP contribution in [0.5, 0.6) is 5.75 Å². The highest BCUT2D eigenvalue weighted by Gasteiger charge is 2.39. The molecule has 0 radical (unpaired) electrons. The molecule has 0 fully saturated rings. The zero-order valence-electron chi connectivity index (χ0n) is 16.1. The number of halogens is 1. The van der Waals surface area contributed by atoms with Gasteiger partial charge in [-0.15, -0.1) is 0 Å². The minimum Gasteiger partial charge on any atom is -0.495 e. The van der Waals surface area contributed by atoms with E-state index >= 15 is 0 Å². The number of amides is 2. The smallest absolute Gasteiger partial charge is 0.278 e. The average Bonchev–Trinajstić information content (AvgIpc) is 2.99. The fraction of sp³-hybridized carbons (Fsp3) is 0.0870. The minimum atomic E-state index is -0.420. The van der Waals surface area contributed by atoms with Crippen LogP contribution < -0.4 is 10.1 Å². The Morgan fingerprint density at radius 3 is 2.43 bits per heavy atom. The van der Waals surface area contributed by atoms with Crippen molar-refractivity contribution in [3.8, 4) is 5.75 Å². The van der Waals surface area contributed by atoms with Crippen molar-refractivity contribution in [2.45, 2.75) is 6.54 Å². The molecular weight excluding hydrogens is 402 g/mol. The standard InChI is InChI=1S/C23H18ClN3O3/c1-30-19-11-10-16(13-18(19)24)26-21-20(15-7-3-2-4-8-15)22(28)27(23(21)29)14-17-9-5-6-12-25-17/h2-13,26H,14H2,1H3. The number of hydrogen-bond acceptors (Lipinski definition) is 5. The highest BCUT2D eigenvalue weighted by atomic mass is 35.5. The van der Waals surface area contributed by atoms with Gasteiger partial charge >= 0.3 is 0 Å². The molecule has 0 spiro atoms. The van der Waals surface area contributed by atoms with Crippen LogP contribution in [-0.4, -0.2) is 28.8 Å². The Bertz CT molecular complexity index is 1130. The fourth-order valence-corrected chi connectivity index (χ4v) is 3.51. The maximum Gasteiger partial charge on any atom is 0.278 e. The number of carbonyl (C=O) groups excluding carboxylic acids is 2. The summed E-state index contributed by atoms with van der Waals surface area (Å²) in [5.74, 6) is -0.277. The summed E-state index contributed by atoms with van der Waals surface area (Å²) in [5, 5.41) is 3.48. The molecule has 4 rings (SSSR count). The number of nitrogens with zero attached hydrogens (tertiary/aromatic N) is 2. The molecule has 0 saturated carbocycles. The highest BCUT2D eigenvalue weighted by molar-refractivity contribution is 6.36. The molecule has 0 unspecified atom stereocenters. The Kier molecular flexibility index (Phi) is 5.50. The van der Waals surface area contributed by atoms with Crippen LogP contribution >= 0.6 is 11.6 Å². The first-order chi connectivity index (χ1) is 14.6. The van der Waals surface area contributed by atoms with Gasteiger partial charge in [0.25, 0.3) is 11.8 Å². The second-order valence-corrected chi connectivity index (χ2v) is 7.02. The molecule has 150 valence electrons. The molecule has 1 aliphatic heterocycles. The van der Waals surface area contributed by atoms with Crippen molar-refractivity contribution in [2.75, 3.05) is 12.4 Å². The van der Waals surface area contributed by atoms with Crippen LogP contribution in [0.2, 0.25) is 5.02 Å². The number of pyridine rings is 1. The molecule has 1 aliphatic rings. The number of aromatic nitrogens is 1. The number of anilines is 1. The van der Waals surface area contributed by atoms with Crippen LogP contribution in [0, 0.1) is 0 Å². The summed E-state index contributed by atoms with van der Waals surface area (Å²) in [7, 11) is 1.53. The normalized spacial score (nSPS) is 13.7. The fourth-order valence-electron chi connectivity index (χ4n) is 3.25. The number of nitrogens with one attached hydrogen (secondary N) is 1. The predicted molar refractivity (Wildman–Crippen MR) is 115 cm³/mol. The second-order valence-electron chi connectivity index (χ2n) is 6.61. The van der Waals surface area contributed by atoms with Gasteiger partial charge < -0.3 is 10.1 Å². The minimum absolute atomic E-state index is 0.0867. The summed E-state index contributed by atoms with van der Waals surface area (Å²) in [5.41, 5.74) is 2.36. The zero-order chi connectivity index (χ0) is 21.1. The molecule has 2 aromatic carbocycles. The Labute approximate surface area is 178 Å². The van der Waals surface area contributed by atoms with Gasteiger partial charge in [0, 0.05) is 11.9 Å². The molecule has 2 heterocycles. The Hall–Kier alpha value is -3.64. The van der Waals surface area contributed by atoms with E-state index in [1.54, 1.807) is 48.7 Å². The van der Waals surface area contributed by atoms with Gasteiger partial charge in [-0.2, -0.15) is 0 Å². The van der Waals surface area contributed by atoms with Gasteiger partial charge in [0.05, 0.1) is 29.9 Å². The summed E-state index contributed by atoms with van der Waals surface area (Å²) >= 11 is 6.22. The van der Waals surface area contributed by atoms with Crippen molar-refractivity contribution in [1.82, 2.24) is 9.88 Å². The molecule has 0 aliphatic carbocycles. The molecule has 6 nitrogen and oxygen atoms in total. The van der Waals surface area contributed by atoms with E-state index in [9.17, 15) is 9.59 Å². The third-order valence-corrected chi connectivity index (χ3v) is 4.99. The van der Waals surface area contributed by atoms with Crippen LogP contribution in [0.1, 0.15) is 11.3 Å². The number of rotatable bonds is 6. The van der Waals surface area contributed by atoms with Crippen molar-refractivity contribution in [1.29, 1.82) is 0 Å². The van der Waals surface area contributed by atoms with Gasteiger partial charge in [0.1, 0.15) is 11.4 Å². The lowest BCUT2D eigenvalue weighted by atomic mass is 10.0. The lowest BCUT2D eigenvalue weighted by molar-refractivity contribution is -0.137. The maximum absolute atomic E-state index is 13.2. The highest BCUT2D eigenvalue weighted by Crippen LogP contribution is 2.33. The number of hydrogen-bond donors (Lipinski definition) is 1. The summed E-state index contributed by atoms with van der Waals surface area (Å²) in [6.45, 7) is 0.0867. The number of benzene rings is 2. The number of methoxy groups -OCH3 is 1. The van der Waals surface area contributed by atoms with Gasteiger partial charge in [-0.3, -0.25) is 19.5 Å². The van der Waals surface area contributed by atoms with E-state index in [1.165, 1.54) is 12.0 Å². The summed E-state index contributed by atoms with van der Waals surface area (Å²) in [6.07, 6.45) is 1.63. The molecular formula is C23H18ClN3O3. The SMILES string of the molecule is COc1ccc(NC2=C(c3ccccc3)C(=O)N(Cc3ccccn3)C2=O)cc1Cl. The van der Waals surface area contributed by atoms with Crippen molar-refractivity contribution in [2.24, 2.45) is 0 Å². The molecule has 0 saturated heterocycles. The van der Waals surface area contributed by atoms with Gasteiger partial charge in [0.2, 0.25) is 0 Å². The third-order valence-electron chi connectivity index (χ3n) is 4.70. The number of imide groups is 1. The van der Waals surface area contributed by atoms with E-state index in [1.807, 2.05) is 24.3 Å². The van der Waals surface area contributed by atoms with Crippen LogP contribution in [0.4, 0.5) is 5.69 Å². The van der Waals surface area contributed by atoms with Crippen molar-refractivity contribution < 1.29 is 14.3 Å². The lowest BCUT2D eigenvalue weighted by Gasteiger charge is -2.15. The molecule has 7 heteroatoms. The van der Waals surface area contributed by atoms with E-state index in [0.717, 1.165) is 0 Å². The van der Waals surface area contributed by atoms with E-state index in [4.69, 9.17) is 16.3 Å². The zero-order valence-corrected chi connectivity index (χ0v) is 16.9. The summed E-state index contributed by atoms with van der Waals surface area (Å²) in [6, 6.07) is 19.6. The van der Waals surface area contributed by atoms with Crippen LogP contribution in [0.25, 0.3) is 5.57 Å². The molecule has 1 aromatic heterocycles. The third kappa shape index (κ3) is 3.77. The first-order valence-electron chi connectivity index (χ1n) is 9.25. The molecule has 3 aromatic rings. The van der Waals surface area contributed by atoms with Gasteiger partial charge in [0.15, 0.2) is 0 Å². The summed E-state index contributed by atoms with van der Waals surface area (Å²) in [4.78, 5) is 31.9. The van der Waals surface area contributed by atoms with Gasteiger partial charge in [-0.25, -0.2) is 0 Å². The molecule has 0 bridgehead atoms. The molecule has 0 atom stereocenters. The molecule has 1 N–H and O–H groups in total.